The minimum absolute atomic E-state index is 0.0485. The van der Waals surface area contributed by atoms with Crippen molar-refractivity contribution in [1.82, 2.24) is 9.97 Å². The molecular formula is C11H7F2N3O2S. The number of rotatable bonds is 2. The lowest BCUT2D eigenvalue weighted by atomic mass is 10.3. The fourth-order valence-corrected chi connectivity index (χ4v) is 1.51. The van der Waals surface area contributed by atoms with Gasteiger partial charge in [-0.3, -0.25) is 14.8 Å². The Morgan fingerprint density at radius 1 is 1.32 bits per heavy atom. The van der Waals surface area contributed by atoms with Crippen molar-refractivity contribution in [1.29, 1.82) is 0 Å². The highest BCUT2D eigenvalue weighted by atomic mass is 32.1. The predicted octanol–water partition coefficient (Wildman–Crippen LogP) is 2.17. The van der Waals surface area contributed by atoms with Gasteiger partial charge in [0.15, 0.2) is 10.6 Å². The number of aromatic amines is 2. The number of hydrogen-bond donors (Lipinski definition) is 3. The van der Waals surface area contributed by atoms with E-state index in [1.54, 1.807) is 0 Å². The number of aromatic nitrogens is 2. The van der Waals surface area contributed by atoms with E-state index in [1.807, 2.05) is 0 Å². The van der Waals surface area contributed by atoms with Crippen LogP contribution < -0.4 is 5.56 Å². The van der Waals surface area contributed by atoms with Gasteiger partial charge in [0, 0.05) is 12.3 Å². The molecule has 2 aromatic rings. The van der Waals surface area contributed by atoms with Crippen molar-refractivity contribution in [2.75, 3.05) is 0 Å². The third-order valence-corrected chi connectivity index (χ3v) is 2.41. The van der Waals surface area contributed by atoms with Crippen molar-refractivity contribution >= 4 is 24.1 Å². The monoisotopic (exact) mass is 283 g/mol. The molecule has 19 heavy (non-hydrogen) atoms. The summed E-state index contributed by atoms with van der Waals surface area (Å²) in [4.78, 5) is 19.7. The number of aliphatic imine (C=N–C) groups is 1. The molecule has 0 aliphatic heterocycles. The van der Waals surface area contributed by atoms with Gasteiger partial charge in [-0.2, -0.15) is 0 Å². The van der Waals surface area contributed by atoms with Crippen LogP contribution in [0.1, 0.15) is 5.56 Å². The second kappa shape index (κ2) is 5.11. The topological polar surface area (TPSA) is 81.2 Å². The molecule has 1 aromatic carbocycles. The minimum atomic E-state index is -0.879. The zero-order valence-corrected chi connectivity index (χ0v) is 10.1. The van der Waals surface area contributed by atoms with Crippen molar-refractivity contribution in [2.24, 2.45) is 4.99 Å². The van der Waals surface area contributed by atoms with E-state index >= 15 is 0 Å². The van der Waals surface area contributed by atoms with Crippen molar-refractivity contribution in [3.05, 3.63) is 50.5 Å². The van der Waals surface area contributed by atoms with Crippen LogP contribution in [0.4, 0.5) is 14.5 Å². The maximum absolute atomic E-state index is 13.3. The van der Waals surface area contributed by atoms with Crippen molar-refractivity contribution in [3.63, 3.8) is 0 Å². The molecule has 1 aromatic heterocycles. The molecule has 0 amide bonds. The molecule has 1 heterocycles. The molecule has 0 fully saturated rings. The Morgan fingerprint density at radius 2 is 2.05 bits per heavy atom. The lowest BCUT2D eigenvalue weighted by Crippen LogP contribution is -2.13. The molecule has 0 saturated carbocycles. The number of halogens is 2. The van der Waals surface area contributed by atoms with Crippen LogP contribution in [-0.2, 0) is 0 Å². The summed E-state index contributed by atoms with van der Waals surface area (Å²) in [5, 5.41) is 9.48. The van der Waals surface area contributed by atoms with Gasteiger partial charge in [-0.25, -0.2) is 8.78 Å². The molecule has 0 saturated heterocycles. The summed E-state index contributed by atoms with van der Waals surface area (Å²) >= 11 is 4.64. The highest BCUT2D eigenvalue weighted by Crippen LogP contribution is 2.18. The van der Waals surface area contributed by atoms with Gasteiger partial charge in [0.2, 0.25) is 5.88 Å². The van der Waals surface area contributed by atoms with Crippen LogP contribution >= 0.6 is 12.2 Å². The van der Waals surface area contributed by atoms with Crippen molar-refractivity contribution in [2.45, 2.75) is 0 Å². The summed E-state index contributed by atoms with van der Waals surface area (Å²) in [6.45, 7) is 0. The van der Waals surface area contributed by atoms with Gasteiger partial charge in [0.1, 0.15) is 11.4 Å². The largest absolute Gasteiger partial charge is 0.494 e. The lowest BCUT2D eigenvalue weighted by Gasteiger charge is -1.98. The molecule has 0 aliphatic carbocycles. The molecule has 98 valence electrons. The predicted molar refractivity (Wildman–Crippen MR) is 67.5 cm³/mol. The molecule has 2 rings (SSSR count). The molecule has 0 unspecified atom stereocenters. The summed E-state index contributed by atoms with van der Waals surface area (Å²) in [6, 6.07) is 2.80. The van der Waals surface area contributed by atoms with Gasteiger partial charge in [0.05, 0.1) is 5.69 Å². The van der Waals surface area contributed by atoms with E-state index in [1.165, 1.54) is 0 Å². The Labute approximate surface area is 110 Å². The summed E-state index contributed by atoms with van der Waals surface area (Å²) in [5.74, 6) is -2.10. The first-order chi connectivity index (χ1) is 8.97. The second-order valence-electron chi connectivity index (χ2n) is 3.52. The first-order valence-electron chi connectivity index (χ1n) is 5.02. The number of nitrogens with zero attached hydrogens (tertiary/aromatic N) is 1. The van der Waals surface area contributed by atoms with Crippen molar-refractivity contribution < 1.29 is 13.9 Å². The highest BCUT2D eigenvalue weighted by molar-refractivity contribution is 7.71. The highest BCUT2D eigenvalue weighted by Gasteiger charge is 2.06. The first kappa shape index (κ1) is 13.1. The zero-order chi connectivity index (χ0) is 14.0. The second-order valence-corrected chi connectivity index (χ2v) is 3.93. The average Bonchev–Trinajstić information content (AvgIpc) is 2.30. The Hall–Kier alpha value is -2.35. The Balaban J connectivity index is 2.44. The lowest BCUT2D eigenvalue weighted by molar-refractivity contribution is 0.449. The van der Waals surface area contributed by atoms with Gasteiger partial charge in [-0.15, -0.1) is 0 Å². The standard InChI is InChI=1S/C11H7F2N3O2S/c12-5-1-2-8(7(13)3-5)14-4-6-9(17)15-11(19)16-10(6)18/h1-4H,(H3,15,16,17,18,19). The maximum Gasteiger partial charge on any atom is 0.264 e. The molecule has 0 spiro atoms. The fraction of sp³-hybridized carbons (Fsp3) is 0. The van der Waals surface area contributed by atoms with E-state index < -0.39 is 23.1 Å². The van der Waals surface area contributed by atoms with E-state index in [9.17, 15) is 18.7 Å². The summed E-state index contributed by atoms with van der Waals surface area (Å²) in [7, 11) is 0. The van der Waals surface area contributed by atoms with Crippen LogP contribution in [0.15, 0.2) is 28.0 Å². The number of aromatic hydroxyl groups is 1. The smallest absolute Gasteiger partial charge is 0.264 e. The quantitative estimate of drug-likeness (QED) is 0.583. The third kappa shape index (κ3) is 2.91. The Bertz CT molecular complexity index is 767. The number of hydrogen-bond acceptors (Lipinski definition) is 4. The van der Waals surface area contributed by atoms with Gasteiger partial charge in [0.25, 0.3) is 5.56 Å². The zero-order valence-electron chi connectivity index (χ0n) is 9.28. The molecule has 5 nitrogen and oxygen atoms in total. The molecular weight excluding hydrogens is 276 g/mol. The van der Waals surface area contributed by atoms with E-state index in [4.69, 9.17) is 0 Å². The fourth-order valence-electron chi connectivity index (χ4n) is 1.32. The van der Waals surface area contributed by atoms with Crippen LogP contribution in [0.2, 0.25) is 0 Å². The van der Waals surface area contributed by atoms with Gasteiger partial charge < -0.3 is 10.1 Å². The normalized spacial score (nSPS) is 11.1. The first-order valence-corrected chi connectivity index (χ1v) is 5.43. The minimum Gasteiger partial charge on any atom is -0.494 e. The molecule has 0 bridgehead atoms. The van der Waals surface area contributed by atoms with Crippen LogP contribution in [-0.4, -0.2) is 21.3 Å². The van der Waals surface area contributed by atoms with Crippen LogP contribution in [0.25, 0.3) is 0 Å². The van der Waals surface area contributed by atoms with E-state index in [0.717, 1.165) is 18.3 Å². The number of benzene rings is 1. The van der Waals surface area contributed by atoms with Crippen LogP contribution in [0, 0.1) is 16.4 Å². The Morgan fingerprint density at radius 3 is 2.68 bits per heavy atom. The third-order valence-electron chi connectivity index (χ3n) is 2.20. The molecule has 3 N–H and O–H groups in total. The SMILES string of the molecule is O=c1[nH]c(=S)[nH]c(O)c1C=Nc1ccc(F)cc1F. The molecule has 0 aliphatic rings. The molecule has 0 atom stereocenters. The van der Waals surface area contributed by atoms with Gasteiger partial charge >= 0.3 is 0 Å². The van der Waals surface area contributed by atoms with Crippen molar-refractivity contribution in [3.8, 4) is 5.88 Å². The average molecular weight is 283 g/mol. The summed E-state index contributed by atoms with van der Waals surface area (Å²) in [5.41, 5.74) is -1.05. The molecule has 8 heteroatoms. The number of H-pyrrole nitrogens is 2. The van der Waals surface area contributed by atoms with Crippen LogP contribution in [0.3, 0.4) is 0 Å². The van der Waals surface area contributed by atoms with E-state index in [2.05, 4.69) is 27.2 Å². The molecule has 0 radical (unpaired) electrons. The van der Waals surface area contributed by atoms with Gasteiger partial charge in [-0.1, -0.05) is 0 Å². The summed E-state index contributed by atoms with van der Waals surface area (Å²) < 4.78 is 25.9. The number of nitrogens with one attached hydrogen (secondary N) is 2. The van der Waals surface area contributed by atoms with E-state index in [-0.39, 0.29) is 16.0 Å². The van der Waals surface area contributed by atoms with Crippen LogP contribution in [0.5, 0.6) is 5.88 Å². The maximum atomic E-state index is 13.3. The summed E-state index contributed by atoms with van der Waals surface area (Å²) in [6.07, 6.45) is 0.954. The van der Waals surface area contributed by atoms with E-state index in [0.29, 0.717) is 6.07 Å². The Kier molecular flexibility index (Phi) is 3.52. The van der Waals surface area contributed by atoms with Gasteiger partial charge in [-0.05, 0) is 24.4 Å².